The zero-order valence-corrected chi connectivity index (χ0v) is 20.7. The largest absolute Gasteiger partial charge is 0.384 e. The minimum absolute atomic E-state index is 0.169. The van der Waals surface area contributed by atoms with E-state index in [9.17, 15) is 9.59 Å². The number of aryl methyl sites for hydroxylation is 1. The summed E-state index contributed by atoms with van der Waals surface area (Å²) < 4.78 is 0. The average molecular weight is 480 g/mol. The molecule has 0 spiro atoms. The first-order valence-electron chi connectivity index (χ1n) is 11.4. The van der Waals surface area contributed by atoms with E-state index < -0.39 is 6.04 Å². The molecule has 5 N–H and O–H groups in total. The van der Waals surface area contributed by atoms with Gasteiger partial charge in [-0.1, -0.05) is 43.3 Å². The Morgan fingerprint density at radius 3 is 2.59 bits per heavy atom. The van der Waals surface area contributed by atoms with Crippen LogP contribution in [0.5, 0.6) is 0 Å². The summed E-state index contributed by atoms with van der Waals surface area (Å²) in [5, 5.41) is 11.0. The van der Waals surface area contributed by atoms with Gasteiger partial charge in [0, 0.05) is 17.1 Å². The Hall–Kier alpha value is -3.23. The van der Waals surface area contributed by atoms with Gasteiger partial charge < -0.3 is 21.7 Å². The van der Waals surface area contributed by atoms with Crippen molar-refractivity contribution in [3.63, 3.8) is 0 Å². The lowest BCUT2D eigenvalue weighted by molar-refractivity contribution is -0.128. The number of nitrogens with one attached hydrogen (secondary N) is 3. The third-order valence-corrected chi connectivity index (χ3v) is 6.49. The summed E-state index contributed by atoms with van der Waals surface area (Å²) in [6.45, 7) is 6.90. The molecule has 2 amide bonds. The van der Waals surface area contributed by atoms with Crippen molar-refractivity contribution in [2.24, 2.45) is 5.92 Å². The minimum atomic E-state index is -0.628. The Labute approximate surface area is 205 Å². The number of nitrogen functional groups attached to an aromatic ring is 1. The van der Waals surface area contributed by atoms with Gasteiger partial charge in [0.25, 0.3) is 0 Å². The van der Waals surface area contributed by atoms with E-state index >= 15 is 0 Å². The number of anilines is 1. The van der Waals surface area contributed by atoms with Crippen LogP contribution in [0.15, 0.2) is 53.9 Å². The molecule has 0 saturated heterocycles. The number of aromatic nitrogens is 1. The van der Waals surface area contributed by atoms with Crippen LogP contribution in [0.2, 0.25) is 0 Å². The van der Waals surface area contributed by atoms with E-state index in [1.165, 1.54) is 16.0 Å². The molecule has 3 rings (SSSR count). The number of nitrogens with zero attached hydrogens (tertiary/aromatic N) is 1. The highest BCUT2D eigenvalue weighted by molar-refractivity contribution is 7.10. The maximum Gasteiger partial charge on any atom is 0.242 e. The number of rotatable bonds is 11. The number of amides is 2. The van der Waals surface area contributed by atoms with Gasteiger partial charge in [-0.15, -0.1) is 11.3 Å². The first-order chi connectivity index (χ1) is 16.3. The van der Waals surface area contributed by atoms with Crippen molar-refractivity contribution in [3.8, 4) is 11.1 Å². The van der Waals surface area contributed by atoms with Gasteiger partial charge in [-0.25, -0.2) is 4.98 Å². The SMILES string of the molecule is Cc1nc(N)ccc1CNC(=O)[C@H](C)NC(=O)CNC[C@H](C)Cc1cc(-c2ccccc2)cs1. The number of benzene rings is 1. The van der Waals surface area contributed by atoms with Gasteiger partial charge in [-0.05, 0) is 66.9 Å². The summed E-state index contributed by atoms with van der Waals surface area (Å²) in [6.07, 6.45) is 0.949. The molecule has 2 atom stereocenters. The number of hydrogen-bond donors (Lipinski definition) is 4. The van der Waals surface area contributed by atoms with E-state index in [1.54, 1.807) is 24.3 Å². The Bertz CT molecular complexity index is 1100. The molecule has 0 bridgehead atoms. The molecule has 1 aromatic carbocycles. The number of thiophene rings is 1. The number of carbonyl (C=O) groups excluding carboxylic acids is 2. The number of nitrogens with two attached hydrogens (primary N) is 1. The van der Waals surface area contributed by atoms with Crippen molar-refractivity contribution in [2.45, 2.75) is 39.8 Å². The third-order valence-electron chi connectivity index (χ3n) is 5.53. The summed E-state index contributed by atoms with van der Waals surface area (Å²) >= 11 is 1.77. The molecule has 180 valence electrons. The maximum absolute atomic E-state index is 12.3. The lowest BCUT2D eigenvalue weighted by Crippen LogP contribution is -2.47. The van der Waals surface area contributed by atoms with Crippen molar-refractivity contribution in [2.75, 3.05) is 18.8 Å². The molecule has 8 heteroatoms. The quantitative estimate of drug-likeness (QED) is 0.337. The fourth-order valence-corrected chi connectivity index (χ4v) is 4.67. The zero-order valence-electron chi connectivity index (χ0n) is 19.9. The Morgan fingerprint density at radius 1 is 1.09 bits per heavy atom. The average Bonchev–Trinajstić information content (AvgIpc) is 3.27. The van der Waals surface area contributed by atoms with Crippen molar-refractivity contribution in [1.82, 2.24) is 20.9 Å². The second kappa shape index (κ2) is 12.3. The Morgan fingerprint density at radius 2 is 1.85 bits per heavy atom. The van der Waals surface area contributed by atoms with Crippen LogP contribution in [0.4, 0.5) is 5.82 Å². The Kier molecular flexibility index (Phi) is 9.18. The van der Waals surface area contributed by atoms with Gasteiger partial charge >= 0.3 is 0 Å². The molecule has 0 unspecified atom stereocenters. The van der Waals surface area contributed by atoms with Crippen LogP contribution in [-0.4, -0.2) is 35.9 Å². The van der Waals surface area contributed by atoms with Crippen LogP contribution in [-0.2, 0) is 22.6 Å². The smallest absolute Gasteiger partial charge is 0.242 e. The zero-order chi connectivity index (χ0) is 24.5. The first-order valence-corrected chi connectivity index (χ1v) is 12.3. The molecule has 0 aliphatic heterocycles. The molecule has 2 aromatic heterocycles. The molecule has 34 heavy (non-hydrogen) atoms. The van der Waals surface area contributed by atoms with Crippen molar-refractivity contribution in [1.29, 1.82) is 0 Å². The van der Waals surface area contributed by atoms with E-state index in [1.807, 2.05) is 31.2 Å². The summed E-state index contributed by atoms with van der Waals surface area (Å²) in [5.74, 6) is 0.377. The lowest BCUT2D eigenvalue weighted by atomic mass is 10.0. The van der Waals surface area contributed by atoms with Crippen LogP contribution in [0.25, 0.3) is 11.1 Å². The highest BCUT2D eigenvalue weighted by Gasteiger charge is 2.16. The van der Waals surface area contributed by atoms with Gasteiger partial charge in [0.15, 0.2) is 0 Å². The summed E-state index contributed by atoms with van der Waals surface area (Å²) in [4.78, 5) is 30.1. The molecule has 2 heterocycles. The molecule has 0 aliphatic carbocycles. The number of hydrogen-bond acceptors (Lipinski definition) is 6. The Balaban J connectivity index is 1.35. The molecule has 0 fully saturated rings. The summed E-state index contributed by atoms with van der Waals surface area (Å²) in [6, 6.07) is 15.5. The maximum atomic E-state index is 12.3. The fourth-order valence-electron chi connectivity index (χ4n) is 3.61. The van der Waals surface area contributed by atoms with E-state index in [0.29, 0.717) is 18.3 Å². The standard InChI is InChI=1S/C26H33N5O2S/c1-17(11-23-12-22(16-34-23)20-7-5-4-6-8-20)13-28-15-25(32)31-19(3)26(33)29-14-21-9-10-24(27)30-18(21)2/h4-10,12,16-17,19,28H,11,13-15H2,1-3H3,(H2,27,30)(H,29,33)(H,31,32)/t17-,19+/m1/s1. The van der Waals surface area contributed by atoms with Crippen LogP contribution in [0.1, 0.15) is 30.0 Å². The predicted octanol–water partition coefficient (Wildman–Crippen LogP) is 3.29. The van der Waals surface area contributed by atoms with Gasteiger partial charge in [0.05, 0.1) is 6.54 Å². The van der Waals surface area contributed by atoms with Gasteiger partial charge in [0.2, 0.25) is 11.8 Å². The monoisotopic (exact) mass is 479 g/mol. The molecule has 7 nitrogen and oxygen atoms in total. The summed E-state index contributed by atoms with van der Waals surface area (Å²) in [5.41, 5.74) is 9.79. The minimum Gasteiger partial charge on any atom is -0.384 e. The van der Waals surface area contributed by atoms with Crippen molar-refractivity contribution >= 4 is 29.0 Å². The van der Waals surface area contributed by atoms with Crippen LogP contribution >= 0.6 is 11.3 Å². The highest BCUT2D eigenvalue weighted by atomic mass is 32.1. The van der Waals surface area contributed by atoms with Crippen LogP contribution < -0.4 is 21.7 Å². The molecule has 0 radical (unpaired) electrons. The molecule has 3 aromatic rings. The van der Waals surface area contributed by atoms with Crippen LogP contribution in [0, 0.1) is 12.8 Å². The second-order valence-corrected chi connectivity index (χ2v) is 9.59. The fraction of sp³-hybridized carbons (Fsp3) is 0.346. The van der Waals surface area contributed by atoms with Crippen LogP contribution in [0.3, 0.4) is 0 Å². The van der Waals surface area contributed by atoms with Crippen molar-refractivity contribution in [3.05, 3.63) is 70.0 Å². The predicted molar refractivity (Wildman–Crippen MR) is 138 cm³/mol. The molecule has 0 saturated carbocycles. The number of carbonyl (C=O) groups is 2. The summed E-state index contributed by atoms with van der Waals surface area (Å²) in [7, 11) is 0. The first kappa shape index (κ1) is 25.4. The van der Waals surface area contributed by atoms with E-state index in [4.69, 9.17) is 5.73 Å². The number of pyridine rings is 1. The normalized spacial score (nSPS) is 12.7. The molecular formula is C26H33N5O2S. The van der Waals surface area contributed by atoms with E-state index in [0.717, 1.165) is 24.2 Å². The van der Waals surface area contributed by atoms with E-state index in [-0.39, 0.29) is 18.4 Å². The third kappa shape index (κ3) is 7.67. The van der Waals surface area contributed by atoms with Gasteiger partial charge in [-0.3, -0.25) is 9.59 Å². The lowest BCUT2D eigenvalue weighted by Gasteiger charge is -2.16. The van der Waals surface area contributed by atoms with Crippen molar-refractivity contribution < 1.29 is 9.59 Å². The van der Waals surface area contributed by atoms with E-state index in [2.05, 4.69) is 51.4 Å². The van der Waals surface area contributed by atoms with Gasteiger partial charge in [-0.2, -0.15) is 0 Å². The van der Waals surface area contributed by atoms with Gasteiger partial charge in [0.1, 0.15) is 11.9 Å². The molecular weight excluding hydrogens is 446 g/mol. The second-order valence-electron chi connectivity index (χ2n) is 8.60. The topological polar surface area (TPSA) is 109 Å². The highest BCUT2D eigenvalue weighted by Crippen LogP contribution is 2.26. The molecule has 0 aliphatic rings.